The number of amides is 1. The van der Waals surface area contributed by atoms with Gasteiger partial charge in [0.15, 0.2) is 0 Å². The van der Waals surface area contributed by atoms with Crippen LogP contribution in [0.5, 0.6) is 0 Å². The minimum absolute atomic E-state index is 0.439. The van der Waals surface area contributed by atoms with Crippen LogP contribution in [0.1, 0.15) is 15.9 Å². The van der Waals surface area contributed by atoms with E-state index in [9.17, 15) is 4.79 Å². The van der Waals surface area contributed by atoms with Crippen LogP contribution in [0.3, 0.4) is 0 Å². The molecule has 0 aliphatic heterocycles. The van der Waals surface area contributed by atoms with Gasteiger partial charge in [-0.15, -0.1) is 0 Å². The summed E-state index contributed by atoms with van der Waals surface area (Å²) in [5, 5.41) is 0. The molecule has 0 aliphatic carbocycles. The summed E-state index contributed by atoms with van der Waals surface area (Å²) in [5.41, 5.74) is 13.4. The van der Waals surface area contributed by atoms with E-state index in [-0.39, 0.29) is 0 Å². The molecule has 2 rings (SSSR count). The third kappa shape index (κ3) is 2.65. The van der Waals surface area contributed by atoms with Gasteiger partial charge in [-0.2, -0.15) is 0 Å². The second-order valence-corrected chi connectivity index (χ2v) is 5.07. The van der Waals surface area contributed by atoms with Gasteiger partial charge in [-0.05, 0) is 36.8 Å². The van der Waals surface area contributed by atoms with E-state index in [0.717, 1.165) is 15.4 Å². The van der Waals surface area contributed by atoms with Crippen LogP contribution in [0.15, 0.2) is 52.3 Å². The molecule has 0 aliphatic rings. The van der Waals surface area contributed by atoms with E-state index in [1.807, 2.05) is 31.2 Å². The van der Waals surface area contributed by atoms with E-state index in [1.165, 1.54) is 11.8 Å². The van der Waals surface area contributed by atoms with Crippen molar-refractivity contribution in [1.82, 2.24) is 0 Å². The van der Waals surface area contributed by atoms with Gasteiger partial charge in [-0.3, -0.25) is 4.79 Å². The van der Waals surface area contributed by atoms with Crippen molar-refractivity contribution in [3.05, 3.63) is 53.6 Å². The highest BCUT2D eigenvalue weighted by Crippen LogP contribution is 2.33. The smallest absolute Gasteiger partial charge is 0.249 e. The number of hydrogen-bond acceptors (Lipinski definition) is 3. The average Bonchev–Trinajstić information content (AvgIpc) is 2.32. The van der Waals surface area contributed by atoms with Gasteiger partial charge in [-0.1, -0.05) is 30.0 Å². The van der Waals surface area contributed by atoms with E-state index < -0.39 is 5.91 Å². The minimum atomic E-state index is -0.439. The summed E-state index contributed by atoms with van der Waals surface area (Å²) < 4.78 is 0. The van der Waals surface area contributed by atoms with E-state index in [0.29, 0.717) is 11.3 Å². The summed E-state index contributed by atoms with van der Waals surface area (Å²) in [6, 6.07) is 13.1. The fourth-order valence-corrected chi connectivity index (χ4v) is 2.70. The molecule has 0 fully saturated rings. The van der Waals surface area contributed by atoms with Crippen molar-refractivity contribution >= 4 is 23.4 Å². The lowest BCUT2D eigenvalue weighted by Crippen LogP contribution is -2.12. The zero-order chi connectivity index (χ0) is 13.1. The molecule has 1 amide bonds. The molecular formula is C14H14N2OS. The van der Waals surface area contributed by atoms with Gasteiger partial charge in [0.1, 0.15) is 0 Å². The Labute approximate surface area is 110 Å². The largest absolute Gasteiger partial charge is 0.399 e. The molecular weight excluding hydrogens is 244 g/mol. The van der Waals surface area contributed by atoms with Crippen molar-refractivity contribution < 1.29 is 4.79 Å². The van der Waals surface area contributed by atoms with Crippen molar-refractivity contribution in [3.8, 4) is 0 Å². The molecule has 2 aromatic carbocycles. The number of rotatable bonds is 3. The molecule has 0 bridgehead atoms. The molecule has 18 heavy (non-hydrogen) atoms. The van der Waals surface area contributed by atoms with Crippen LogP contribution in [0.4, 0.5) is 5.69 Å². The Balaban J connectivity index is 2.42. The summed E-state index contributed by atoms with van der Waals surface area (Å²) in [7, 11) is 0. The van der Waals surface area contributed by atoms with Crippen molar-refractivity contribution in [1.29, 1.82) is 0 Å². The highest BCUT2D eigenvalue weighted by molar-refractivity contribution is 7.99. The SMILES string of the molecule is Cc1ccccc1Sc1cc(N)ccc1C(N)=O. The lowest BCUT2D eigenvalue weighted by Gasteiger charge is -2.09. The van der Waals surface area contributed by atoms with Crippen LogP contribution in [0.2, 0.25) is 0 Å². The van der Waals surface area contributed by atoms with E-state index in [2.05, 4.69) is 0 Å². The average molecular weight is 258 g/mol. The van der Waals surface area contributed by atoms with Crippen molar-refractivity contribution in [2.75, 3.05) is 5.73 Å². The predicted molar refractivity (Wildman–Crippen MR) is 74.7 cm³/mol. The molecule has 0 saturated heterocycles. The Morgan fingerprint density at radius 2 is 1.83 bits per heavy atom. The van der Waals surface area contributed by atoms with Crippen LogP contribution in [0, 0.1) is 6.92 Å². The van der Waals surface area contributed by atoms with Gasteiger partial charge >= 0.3 is 0 Å². The predicted octanol–water partition coefficient (Wildman–Crippen LogP) is 2.83. The molecule has 0 unspecified atom stereocenters. The lowest BCUT2D eigenvalue weighted by molar-refractivity contribution is 0.0997. The number of primary amides is 1. The van der Waals surface area contributed by atoms with Crippen molar-refractivity contribution in [2.45, 2.75) is 16.7 Å². The van der Waals surface area contributed by atoms with Crippen molar-refractivity contribution in [3.63, 3.8) is 0 Å². The van der Waals surface area contributed by atoms with Gasteiger partial charge in [0.2, 0.25) is 5.91 Å². The van der Waals surface area contributed by atoms with Crippen molar-refractivity contribution in [2.24, 2.45) is 5.73 Å². The van der Waals surface area contributed by atoms with E-state index in [1.54, 1.807) is 18.2 Å². The summed E-state index contributed by atoms with van der Waals surface area (Å²) >= 11 is 1.50. The summed E-state index contributed by atoms with van der Waals surface area (Å²) in [6.07, 6.45) is 0. The number of nitrogen functional groups attached to an aromatic ring is 1. The molecule has 0 spiro atoms. The quantitative estimate of drug-likeness (QED) is 0.832. The Kier molecular flexibility index (Phi) is 3.58. The maximum atomic E-state index is 11.4. The standard InChI is InChI=1S/C14H14N2OS/c1-9-4-2-3-5-12(9)18-13-8-10(15)6-7-11(13)14(16)17/h2-8H,15H2,1H3,(H2,16,17). The molecule has 2 aromatic rings. The first kappa shape index (κ1) is 12.5. The monoisotopic (exact) mass is 258 g/mol. The van der Waals surface area contributed by atoms with Crippen LogP contribution in [0.25, 0.3) is 0 Å². The first-order valence-corrected chi connectivity index (χ1v) is 6.32. The zero-order valence-electron chi connectivity index (χ0n) is 10.0. The Hall–Kier alpha value is -1.94. The molecule has 0 atom stereocenters. The molecule has 4 heteroatoms. The first-order chi connectivity index (χ1) is 8.58. The van der Waals surface area contributed by atoms with Crippen LogP contribution in [-0.2, 0) is 0 Å². The maximum absolute atomic E-state index is 11.4. The topological polar surface area (TPSA) is 69.1 Å². The van der Waals surface area contributed by atoms with Gasteiger partial charge in [0.05, 0.1) is 5.56 Å². The number of nitrogens with two attached hydrogens (primary N) is 2. The highest BCUT2D eigenvalue weighted by atomic mass is 32.2. The van der Waals surface area contributed by atoms with E-state index in [4.69, 9.17) is 11.5 Å². The molecule has 0 saturated carbocycles. The van der Waals surface area contributed by atoms with Crippen LogP contribution in [-0.4, -0.2) is 5.91 Å². The van der Waals surface area contributed by atoms with Crippen LogP contribution >= 0.6 is 11.8 Å². The molecule has 0 heterocycles. The number of carbonyl (C=O) groups excluding carboxylic acids is 1. The van der Waals surface area contributed by atoms with Gasteiger partial charge < -0.3 is 11.5 Å². The third-order valence-electron chi connectivity index (χ3n) is 2.58. The summed E-state index contributed by atoms with van der Waals surface area (Å²) in [6.45, 7) is 2.03. The second-order valence-electron chi connectivity index (χ2n) is 3.99. The maximum Gasteiger partial charge on any atom is 0.249 e. The fourth-order valence-electron chi connectivity index (χ4n) is 1.62. The first-order valence-electron chi connectivity index (χ1n) is 5.51. The number of benzene rings is 2. The number of hydrogen-bond donors (Lipinski definition) is 2. The zero-order valence-corrected chi connectivity index (χ0v) is 10.8. The van der Waals surface area contributed by atoms with E-state index >= 15 is 0 Å². The molecule has 3 nitrogen and oxygen atoms in total. The minimum Gasteiger partial charge on any atom is -0.399 e. The highest BCUT2D eigenvalue weighted by Gasteiger charge is 2.10. The number of anilines is 1. The Bertz CT molecular complexity index is 596. The van der Waals surface area contributed by atoms with Gasteiger partial charge in [-0.25, -0.2) is 0 Å². The Morgan fingerprint density at radius 1 is 1.11 bits per heavy atom. The third-order valence-corrected chi connectivity index (χ3v) is 3.82. The number of aryl methyl sites for hydroxylation is 1. The lowest BCUT2D eigenvalue weighted by atomic mass is 10.2. The molecule has 0 radical (unpaired) electrons. The fraction of sp³-hybridized carbons (Fsp3) is 0.0714. The summed E-state index contributed by atoms with van der Waals surface area (Å²) in [4.78, 5) is 13.3. The van der Waals surface area contributed by atoms with Gasteiger partial charge in [0.25, 0.3) is 0 Å². The summed E-state index contributed by atoms with van der Waals surface area (Å²) in [5.74, 6) is -0.439. The molecule has 0 aromatic heterocycles. The molecule has 92 valence electrons. The number of carbonyl (C=O) groups is 1. The van der Waals surface area contributed by atoms with Crippen LogP contribution < -0.4 is 11.5 Å². The van der Waals surface area contributed by atoms with Gasteiger partial charge in [0, 0.05) is 15.5 Å². The normalized spacial score (nSPS) is 10.3. The Morgan fingerprint density at radius 3 is 2.50 bits per heavy atom. The second kappa shape index (κ2) is 5.14. The molecule has 4 N–H and O–H groups in total.